The molecule has 1 aliphatic heterocycles. The van der Waals surface area contributed by atoms with Gasteiger partial charge in [-0.05, 0) is 56.8 Å². The minimum absolute atomic E-state index is 0.193. The third-order valence-electron chi connectivity index (χ3n) is 5.19. The number of nitrogens with zero attached hydrogens (tertiary/aromatic N) is 1. The summed E-state index contributed by atoms with van der Waals surface area (Å²) in [5.74, 6) is 0.311. The molecule has 1 saturated heterocycles. The van der Waals surface area contributed by atoms with E-state index < -0.39 is 11.5 Å². The van der Waals surface area contributed by atoms with Crippen LogP contribution in [0.2, 0.25) is 0 Å². The lowest BCUT2D eigenvalue weighted by Crippen LogP contribution is -2.59. The van der Waals surface area contributed by atoms with Gasteiger partial charge >= 0.3 is 12.0 Å². The molecule has 2 aliphatic rings. The summed E-state index contributed by atoms with van der Waals surface area (Å²) in [6, 6.07) is -0.193. The first-order chi connectivity index (χ1) is 9.93. The Bertz CT molecular complexity index is 389. The molecular formula is C16H28N2O3. The number of nitrogens with one attached hydrogen (secondary N) is 1. The lowest BCUT2D eigenvalue weighted by Gasteiger charge is -2.38. The minimum Gasteiger partial charge on any atom is -0.480 e. The van der Waals surface area contributed by atoms with E-state index in [0.717, 1.165) is 45.2 Å². The van der Waals surface area contributed by atoms with Crippen molar-refractivity contribution in [1.29, 1.82) is 0 Å². The van der Waals surface area contributed by atoms with Crippen LogP contribution in [0.4, 0.5) is 4.79 Å². The Kier molecular flexibility index (Phi) is 5.12. The van der Waals surface area contributed by atoms with Gasteiger partial charge in [-0.2, -0.15) is 0 Å². The molecule has 0 spiro atoms. The zero-order chi connectivity index (χ0) is 15.5. The molecule has 1 saturated carbocycles. The van der Waals surface area contributed by atoms with Crippen LogP contribution in [0.3, 0.4) is 0 Å². The maximum absolute atomic E-state index is 12.5. The van der Waals surface area contributed by atoms with Gasteiger partial charge in [-0.15, -0.1) is 0 Å². The maximum atomic E-state index is 12.5. The fourth-order valence-electron chi connectivity index (χ4n) is 3.40. The molecule has 2 N–H and O–H groups in total. The predicted molar refractivity (Wildman–Crippen MR) is 81.1 cm³/mol. The molecule has 0 aromatic carbocycles. The minimum atomic E-state index is -1.05. The first-order valence-corrected chi connectivity index (χ1v) is 8.23. The molecule has 1 unspecified atom stereocenters. The molecule has 2 rings (SSSR count). The van der Waals surface area contributed by atoms with Crippen molar-refractivity contribution in [3.05, 3.63) is 0 Å². The number of rotatable bonds is 2. The van der Waals surface area contributed by atoms with Crippen LogP contribution in [0, 0.1) is 11.8 Å². The number of carbonyl (C=O) groups is 2. The van der Waals surface area contributed by atoms with Gasteiger partial charge in [0, 0.05) is 13.1 Å². The summed E-state index contributed by atoms with van der Waals surface area (Å²) in [7, 11) is 0. The number of carbonyl (C=O) groups excluding carboxylic acids is 1. The summed E-state index contributed by atoms with van der Waals surface area (Å²) in [6.45, 7) is 5.83. The van der Waals surface area contributed by atoms with Crippen LogP contribution < -0.4 is 5.32 Å². The average molecular weight is 296 g/mol. The molecule has 5 heteroatoms. The van der Waals surface area contributed by atoms with Gasteiger partial charge < -0.3 is 15.3 Å². The van der Waals surface area contributed by atoms with Gasteiger partial charge in [0.15, 0.2) is 0 Å². The van der Waals surface area contributed by atoms with Gasteiger partial charge in [-0.3, -0.25) is 0 Å². The number of carboxylic acid groups (broad SMARTS) is 1. The van der Waals surface area contributed by atoms with Crippen LogP contribution in [0.25, 0.3) is 0 Å². The molecule has 2 fully saturated rings. The van der Waals surface area contributed by atoms with Gasteiger partial charge in [0.25, 0.3) is 0 Å². The average Bonchev–Trinajstić information content (AvgIpc) is 2.66. The Balaban J connectivity index is 2.00. The SMILES string of the molecule is CC1CCCN(C(=O)NC2(C(=O)O)CCC(C)CC2)CC1. The van der Waals surface area contributed by atoms with Crippen LogP contribution >= 0.6 is 0 Å². The lowest BCUT2D eigenvalue weighted by atomic mass is 9.77. The highest BCUT2D eigenvalue weighted by molar-refractivity contribution is 5.86. The predicted octanol–water partition coefficient (Wildman–Crippen LogP) is 2.85. The Morgan fingerprint density at radius 3 is 2.29 bits per heavy atom. The van der Waals surface area contributed by atoms with Crippen molar-refractivity contribution in [1.82, 2.24) is 10.2 Å². The zero-order valence-electron chi connectivity index (χ0n) is 13.2. The van der Waals surface area contributed by atoms with Crippen molar-refractivity contribution < 1.29 is 14.7 Å². The molecular weight excluding hydrogens is 268 g/mol. The number of urea groups is 1. The van der Waals surface area contributed by atoms with Crippen molar-refractivity contribution in [2.24, 2.45) is 11.8 Å². The Morgan fingerprint density at radius 1 is 1.05 bits per heavy atom. The van der Waals surface area contributed by atoms with E-state index in [2.05, 4.69) is 19.2 Å². The van der Waals surface area contributed by atoms with Crippen LogP contribution in [0.5, 0.6) is 0 Å². The number of hydrogen-bond acceptors (Lipinski definition) is 2. The van der Waals surface area contributed by atoms with Gasteiger partial charge in [0.1, 0.15) is 5.54 Å². The third-order valence-corrected chi connectivity index (χ3v) is 5.19. The van der Waals surface area contributed by atoms with Gasteiger partial charge in [-0.1, -0.05) is 13.8 Å². The molecule has 1 heterocycles. The Morgan fingerprint density at radius 2 is 1.67 bits per heavy atom. The largest absolute Gasteiger partial charge is 0.480 e. The molecule has 120 valence electrons. The van der Waals surface area contributed by atoms with E-state index in [9.17, 15) is 14.7 Å². The molecule has 0 aromatic rings. The number of carboxylic acids is 1. The molecule has 0 radical (unpaired) electrons. The summed E-state index contributed by atoms with van der Waals surface area (Å²) >= 11 is 0. The van der Waals surface area contributed by atoms with E-state index in [1.165, 1.54) is 0 Å². The normalized spacial score (nSPS) is 34.1. The highest BCUT2D eigenvalue weighted by Gasteiger charge is 2.43. The Labute approximate surface area is 127 Å². The lowest BCUT2D eigenvalue weighted by molar-refractivity contribution is -0.146. The summed E-state index contributed by atoms with van der Waals surface area (Å²) in [5, 5.41) is 12.4. The number of aliphatic carboxylic acids is 1. The van der Waals surface area contributed by atoms with Gasteiger partial charge in [-0.25, -0.2) is 9.59 Å². The second kappa shape index (κ2) is 6.67. The number of likely N-dealkylation sites (tertiary alicyclic amines) is 1. The van der Waals surface area contributed by atoms with Gasteiger partial charge in [0.05, 0.1) is 0 Å². The monoisotopic (exact) mass is 296 g/mol. The van der Waals surface area contributed by atoms with E-state index in [1.54, 1.807) is 4.90 Å². The van der Waals surface area contributed by atoms with Crippen LogP contribution in [0.1, 0.15) is 58.8 Å². The quantitative estimate of drug-likeness (QED) is 0.823. The second-order valence-electron chi connectivity index (χ2n) is 7.02. The van der Waals surface area contributed by atoms with Gasteiger partial charge in [0.2, 0.25) is 0 Å². The molecule has 1 atom stereocenters. The van der Waals surface area contributed by atoms with E-state index in [4.69, 9.17) is 0 Å². The fourth-order valence-corrected chi connectivity index (χ4v) is 3.40. The fraction of sp³-hybridized carbons (Fsp3) is 0.875. The van der Waals surface area contributed by atoms with Crippen molar-refractivity contribution >= 4 is 12.0 Å². The molecule has 5 nitrogen and oxygen atoms in total. The van der Waals surface area contributed by atoms with E-state index in [-0.39, 0.29) is 6.03 Å². The third kappa shape index (κ3) is 3.89. The standard InChI is InChI=1S/C16H28N2O3/c1-12-4-3-10-18(11-7-12)15(21)17-16(14(19)20)8-5-13(2)6-9-16/h12-13H,3-11H2,1-2H3,(H,17,21)(H,19,20). The van der Waals surface area contributed by atoms with Crippen molar-refractivity contribution in [3.8, 4) is 0 Å². The van der Waals surface area contributed by atoms with Crippen LogP contribution in [-0.4, -0.2) is 40.6 Å². The first kappa shape index (κ1) is 16.1. The summed E-state index contributed by atoms with van der Waals surface area (Å²) in [4.78, 5) is 26.0. The first-order valence-electron chi connectivity index (χ1n) is 8.23. The maximum Gasteiger partial charge on any atom is 0.329 e. The van der Waals surface area contributed by atoms with Crippen LogP contribution in [0.15, 0.2) is 0 Å². The molecule has 0 aromatic heterocycles. The highest BCUT2D eigenvalue weighted by atomic mass is 16.4. The summed E-state index contributed by atoms with van der Waals surface area (Å²) in [6.07, 6.45) is 5.97. The number of hydrogen-bond donors (Lipinski definition) is 2. The van der Waals surface area contributed by atoms with Crippen LogP contribution in [-0.2, 0) is 4.79 Å². The zero-order valence-corrected chi connectivity index (χ0v) is 13.2. The molecule has 2 amide bonds. The summed E-state index contributed by atoms with van der Waals surface area (Å²) in [5.41, 5.74) is -1.05. The second-order valence-corrected chi connectivity index (χ2v) is 7.02. The topological polar surface area (TPSA) is 69.6 Å². The highest BCUT2D eigenvalue weighted by Crippen LogP contribution is 2.32. The molecule has 1 aliphatic carbocycles. The molecule has 21 heavy (non-hydrogen) atoms. The Hall–Kier alpha value is -1.26. The summed E-state index contributed by atoms with van der Waals surface area (Å²) < 4.78 is 0. The van der Waals surface area contributed by atoms with E-state index in [1.807, 2.05) is 0 Å². The van der Waals surface area contributed by atoms with E-state index in [0.29, 0.717) is 24.7 Å². The molecule has 0 bridgehead atoms. The van der Waals surface area contributed by atoms with Crippen molar-refractivity contribution in [2.45, 2.75) is 64.3 Å². The van der Waals surface area contributed by atoms with Crippen molar-refractivity contribution in [3.63, 3.8) is 0 Å². The van der Waals surface area contributed by atoms with E-state index >= 15 is 0 Å². The van der Waals surface area contributed by atoms with Crippen molar-refractivity contribution in [2.75, 3.05) is 13.1 Å². The smallest absolute Gasteiger partial charge is 0.329 e. The number of amides is 2.